The number of nitrogens with two attached hydrogens (primary N) is 1. The zero-order chi connectivity index (χ0) is 14.5. The molecule has 0 aliphatic rings. The molecule has 3 nitrogen and oxygen atoms in total. The van der Waals surface area contributed by atoms with Gasteiger partial charge in [-0.15, -0.1) is 11.3 Å². The highest BCUT2D eigenvalue weighted by atomic mass is 35.5. The predicted octanol–water partition coefficient (Wildman–Crippen LogP) is 3.63. The number of nitrogens with zero attached hydrogens (tertiary/aromatic N) is 2. The summed E-state index contributed by atoms with van der Waals surface area (Å²) in [5.41, 5.74) is 10.4. The van der Waals surface area contributed by atoms with Crippen LogP contribution in [0.4, 0.5) is 0 Å². The van der Waals surface area contributed by atoms with E-state index < -0.39 is 0 Å². The van der Waals surface area contributed by atoms with Crippen molar-refractivity contribution in [2.45, 2.75) is 25.9 Å². The van der Waals surface area contributed by atoms with E-state index in [1.807, 2.05) is 29.8 Å². The molecule has 0 saturated heterocycles. The fraction of sp³-hybridized carbons (Fsp3) is 0.400. The van der Waals surface area contributed by atoms with Crippen LogP contribution < -0.4 is 5.73 Å². The monoisotopic (exact) mass is 309 g/mol. The summed E-state index contributed by atoms with van der Waals surface area (Å²) in [7, 11) is 2.12. The van der Waals surface area contributed by atoms with Crippen LogP contribution in [0.3, 0.4) is 0 Å². The lowest BCUT2D eigenvalue weighted by atomic mass is 10.0. The average Bonchev–Trinajstić information content (AvgIpc) is 2.82. The maximum absolute atomic E-state index is 6.22. The molecule has 2 N–H and O–H groups in total. The van der Waals surface area contributed by atoms with Crippen molar-refractivity contribution in [1.29, 1.82) is 0 Å². The highest BCUT2D eigenvalue weighted by Gasteiger charge is 2.09. The molecule has 0 radical (unpaired) electrons. The molecule has 108 valence electrons. The first-order chi connectivity index (χ1) is 9.56. The molecule has 20 heavy (non-hydrogen) atoms. The number of benzene rings is 1. The Morgan fingerprint density at radius 3 is 2.65 bits per heavy atom. The second-order valence-electron chi connectivity index (χ2n) is 5.05. The van der Waals surface area contributed by atoms with Gasteiger partial charge in [0, 0.05) is 29.0 Å². The van der Waals surface area contributed by atoms with E-state index in [0.29, 0.717) is 0 Å². The van der Waals surface area contributed by atoms with Crippen molar-refractivity contribution in [3.05, 3.63) is 50.9 Å². The van der Waals surface area contributed by atoms with Gasteiger partial charge < -0.3 is 10.6 Å². The highest BCUT2D eigenvalue weighted by Crippen LogP contribution is 2.19. The van der Waals surface area contributed by atoms with Gasteiger partial charge in [0.25, 0.3) is 0 Å². The van der Waals surface area contributed by atoms with E-state index in [1.165, 1.54) is 4.88 Å². The Hall–Kier alpha value is -0.940. The summed E-state index contributed by atoms with van der Waals surface area (Å²) in [4.78, 5) is 7.89. The normalized spacial score (nSPS) is 12.8. The predicted molar refractivity (Wildman–Crippen MR) is 86.2 cm³/mol. The summed E-state index contributed by atoms with van der Waals surface area (Å²) in [5.74, 6) is 0. The van der Waals surface area contributed by atoms with Gasteiger partial charge in [-0.1, -0.05) is 23.7 Å². The third-order valence-electron chi connectivity index (χ3n) is 3.38. The fourth-order valence-electron chi connectivity index (χ4n) is 2.04. The molecule has 0 aliphatic carbocycles. The molecule has 1 heterocycles. The van der Waals surface area contributed by atoms with Gasteiger partial charge >= 0.3 is 0 Å². The Morgan fingerprint density at radius 2 is 2.05 bits per heavy atom. The molecular formula is C15H20ClN3S. The first kappa shape index (κ1) is 15.4. The van der Waals surface area contributed by atoms with E-state index in [9.17, 15) is 0 Å². The fourth-order valence-corrected chi connectivity index (χ4v) is 3.02. The Labute approximate surface area is 129 Å². The van der Waals surface area contributed by atoms with Gasteiger partial charge in [0.2, 0.25) is 0 Å². The van der Waals surface area contributed by atoms with Crippen LogP contribution in [0.15, 0.2) is 29.8 Å². The van der Waals surface area contributed by atoms with Crippen LogP contribution in [0.25, 0.3) is 0 Å². The van der Waals surface area contributed by atoms with Crippen LogP contribution >= 0.6 is 22.9 Å². The Morgan fingerprint density at radius 1 is 1.35 bits per heavy atom. The molecule has 1 unspecified atom stereocenters. The minimum absolute atomic E-state index is 0.0530. The van der Waals surface area contributed by atoms with Gasteiger partial charge in [0.15, 0.2) is 0 Å². The molecule has 0 amide bonds. The van der Waals surface area contributed by atoms with Crippen LogP contribution in [0.2, 0.25) is 5.02 Å². The first-order valence-electron chi connectivity index (χ1n) is 6.65. The number of rotatable bonds is 6. The lowest BCUT2D eigenvalue weighted by molar-refractivity contribution is 0.313. The standard InChI is InChI=1S/C15H20ClN3S/c1-11-15(20-10-18-11)9-19(2)8-7-14(17)12-3-5-13(16)6-4-12/h3-6,10,14H,7-9,17H2,1-2H3. The third-order valence-corrected chi connectivity index (χ3v) is 4.55. The molecule has 2 aromatic rings. The number of hydrogen-bond acceptors (Lipinski definition) is 4. The Balaban J connectivity index is 1.82. The Bertz CT molecular complexity index is 538. The van der Waals surface area contributed by atoms with E-state index in [1.54, 1.807) is 11.3 Å². The summed E-state index contributed by atoms with van der Waals surface area (Å²) < 4.78 is 0. The summed E-state index contributed by atoms with van der Waals surface area (Å²) in [6.07, 6.45) is 0.927. The van der Waals surface area contributed by atoms with Gasteiger partial charge in [-0.05, 0) is 38.1 Å². The average molecular weight is 310 g/mol. The van der Waals surface area contributed by atoms with Crippen molar-refractivity contribution < 1.29 is 0 Å². The molecule has 0 spiro atoms. The summed E-state index contributed by atoms with van der Waals surface area (Å²) in [6, 6.07) is 7.83. The van der Waals surface area contributed by atoms with Crippen LogP contribution in [0, 0.1) is 6.92 Å². The number of halogens is 1. The van der Waals surface area contributed by atoms with Gasteiger partial charge in [0.1, 0.15) is 0 Å². The molecule has 1 aromatic heterocycles. The molecule has 1 atom stereocenters. The minimum Gasteiger partial charge on any atom is -0.324 e. The molecule has 0 fully saturated rings. The number of aromatic nitrogens is 1. The molecule has 0 bridgehead atoms. The Kier molecular flexibility index (Phi) is 5.54. The molecular weight excluding hydrogens is 290 g/mol. The van der Waals surface area contributed by atoms with Crippen LogP contribution in [0.1, 0.15) is 28.6 Å². The minimum atomic E-state index is 0.0530. The quantitative estimate of drug-likeness (QED) is 0.886. The number of aryl methyl sites for hydroxylation is 1. The second-order valence-corrected chi connectivity index (χ2v) is 6.42. The van der Waals surface area contributed by atoms with Crippen LogP contribution in [0.5, 0.6) is 0 Å². The van der Waals surface area contributed by atoms with Crippen molar-refractivity contribution in [3.8, 4) is 0 Å². The number of thiazole rings is 1. The van der Waals surface area contributed by atoms with E-state index in [0.717, 1.165) is 35.8 Å². The largest absolute Gasteiger partial charge is 0.324 e. The summed E-state index contributed by atoms with van der Waals surface area (Å²) in [6.45, 7) is 3.95. The topological polar surface area (TPSA) is 42.2 Å². The second kappa shape index (κ2) is 7.18. The van der Waals surface area contributed by atoms with E-state index >= 15 is 0 Å². The van der Waals surface area contributed by atoms with Gasteiger partial charge in [-0.3, -0.25) is 0 Å². The van der Waals surface area contributed by atoms with Crippen molar-refractivity contribution >= 4 is 22.9 Å². The van der Waals surface area contributed by atoms with Crippen LogP contribution in [-0.4, -0.2) is 23.5 Å². The van der Waals surface area contributed by atoms with Crippen molar-refractivity contribution in [2.24, 2.45) is 5.73 Å². The van der Waals surface area contributed by atoms with Crippen molar-refractivity contribution in [1.82, 2.24) is 9.88 Å². The van der Waals surface area contributed by atoms with Crippen LogP contribution in [-0.2, 0) is 6.54 Å². The highest BCUT2D eigenvalue weighted by molar-refractivity contribution is 7.09. The van der Waals surface area contributed by atoms with Gasteiger partial charge in [-0.2, -0.15) is 0 Å². The lowest BCUT2D eigenvalue weighted by Crippen LogP contribution is -2.23. The zero-order valence-corrected chi connectivity index (χ0v) is 13.4. The smallest absolute Gasteiger partial charge is 0.0798 e. The summed E-state index contributed by atoms with van der Waals surface area (Å²) in [5, 5.41) is 0.749. The third kappa shape index (κ3) is 4.28. The van der Waals surface area contributed by atoms with Gasteiger partial charge in [-0.25, -0.2) is 4.98 Å². The molecule has 0 saturated carbocycles. The van der Waals surface area contributed by atoms with Crippen molar-refractivity contribution in [3.63, 3.8) is 0 Å². The van der Waals surface area contributed by atoms with E-state index in [2.05, 4.69) is 23.9 Å². The van der Waals surface area contributed by atoms with Crippen molar-refractivity contribution in [2.75, 3.05) is 13.6 Å². The molecule has 2 rings (SSSR count). The molecule has 1 aromatic carbocycles. The van der Waals surface area contributed by atoms with Gasteiger partial charge in [0.05, 0.1) is 11.2 Å². The zero-order valence-electron chi connectivity index (χ0n) is 11.8. The molecule has 0 aliphatic heterocycles. The SMILES string of the molecule is Cc1ncsc1CN(C)CCC(N)c1ccc(Cl)cc1. The number of hydrogen-bond donors (Lipinski definition) is 1. The first-order valence-corrected chi connectivity index (χ1v) is 7.90. The maximum Gasteiger partial charge on any atom is 0.0798 e. The molecule has 5 heteroatoms. The maximum atomic E-state index is 6.22. The van der Waals surface area contributed by atoms with E-state index in [4.69, 9.17) is 17.3 Å². The lowest BCUT2D eigenvalue weighted by Gasteiger charge is -2.19. The van der Waals surface area contributed by atoms with E-state index in [-0.39, 0.29) is 6.04 Å². The summed E-state index contributed by atoms with van der Waals surface area (Å²) >= 11 is 7.60.